The minimum atomic E-state index is -4.35. The van der Waals surface area contributed by atoms with Crippen molar-refractivity contribution in [3.05, 3.63) is 0 Å². The summed E-state index contributed by atoms with van der Waals surface area (Å²) in [6.07, 6.45) is -4.53. The molecule has 0 spiro atoms. The zero-order valence-corrected chi connectivity index (χ0v) is 8.98. The van der Waals surface area contributed by atoms with Gasteiger partial charge in [0.1, 0.15) is 12.2 Å². The molecule has 0 heterocycles. The quantitative estimate of drug-likeness (QED) is 0.547. The Balaban J connectivity index is 3.57. The van der Waals surface area contributed by atoms with Crippen LogP contribution in [0.15, 0.2) is 0 Å². The van der Waals surface area contributed by atoms with Crippen LogP contribution in [0, 0.1) is 0 Å². The number of carbonyl (C=O) groups excluding carboxylic acids is 1. The van der Waals surface area contributed by atoms with E-state index in [-0.39, 0.29) is 13.0 Å². The second-order valence-electron chi connectivity index (χ2n) is 4.00. The summed E-state index contributed by atoms with van der Waals surface area (Å²) < 4.78 is 44.0. The van der Waals surface area contributed by atoms with Crippen LogP contribution >= 0.6 is 0 Å². The molecule has 0 aromatic carbocycles. The molecule has 6 heteroatoms. The van der Waals surface area contributed by atoms with E-state index in [1.165, 1.54) is 0 Å². The van der Waals surface area contributed by atoms with E-state index in [9.17, 15) is 18.0 Å². The van der Waals surface area contributed by atoms with Gasteiger partial charge < -0.3 is 9.47 Å². The summed E-state index contributed by atoms with van der Waals surface area (Å²) in [6, 6.07) is 0. The third-order valence-electron chi connectivity index (χ3n) is 1.14. The molecule has 0 aliphatic rings. The molecule has 3 nitrogen and oxygen atoms in total. The lowest BCUT2D eigenvalue weighted by molar-refractivity contribution is -0.178. The number of rotatable bonds is 4. The van der Waals surface area contributed by atoms with Gasteiger partial charge in [0.05, 0.1) is 13.0 Å². The van der Waals surface area contributed by atoms with Crippen LogP contribution in [0.5, 0.6) is 0 Å². The average Bonchev–Trinajstić information content (AvgIpc) is 1.92. The lowest BCUT2D eigenvalue weighted by Crippen LogP contribution is -2.25. The predicted octanol–water partition coefficient (Wildman–Crippen LogP) is 2.30. The van der Waals surface area contributed by atoms with Crippen LogP contribution < -0.4 is 0 Å². The smallest absolute Gasteiger partial charge is 0.411 e. The minimum Gasteiger partial charge on any atom is -0.460 e. The molecule has 0 bridgehead atoms. The van der Waals surface area contributed by atoms with E-state index in [1.807, 2.05) is 0 Å². The Bertz CT molecular complexity index is 206. The van der Waals surface area contributed by atoms with Crippen molar-refractivity contribution in [3.63, 3.8) is 0 Å². The third-order valence-corrected chi connectivity index (χ3v) is 1.14. The number of carbonyl (C=O) groups is 1. The van der Waals surface area contributed by atoms with Crippen molar-refractivity contribution in [2.45, 2.75) is 39.0 Å². The maximum absolute atomic E-state index is 11.6. The van der Waals surface area contributed by atoms with Crippen molar-refractivity contribution in [2.24, 2.45) is 0 Å². The number of esters is 1. The van der Waals surface area contributed by atoms with Crippen LogP contribution in [0.3, 0.4) is 0 Å². The first-order valence-electron chi connectivity index (χ1n) is 4.46. The highest BCUT2D eigenvalue weighted by Crippen LogP contribution is 2.14. The van der Waals surface area contributed by atoms with Crippen LogP contribution in [0.2, 0.25) is 0 Å². The van der Waals surface area contributed by atoms with Gasteiger partial charge in [-0.3, -0.25) is 4.79 Å². The van der Waals surface area contributed by atoms with Gasteiger partial charge >= 0.3 is 12.1 Å². The number of ether oxygens (including phenoxy) is 2. The maximum Gasteiger partial charge on any atom is 0.411 e. The molecule has 0 aliphatic heterocycles. The van der Waals surface area contributed by atoms with E-state index >= 15 is 0 Å². The van der Waals surface area contributed by atoms with E-state index in [1.54, 1.807) is 20.8 Å². The molecule has 0 fully saturated rings. The molecule has 0 amide bonds. The van der Waals surface area contributed by atoms with E-state index in [0.717, 1.165) is 0 Å². The number of hydrogen-bond donors (Lipinski definition) is 0. The molecule has 0 aromatic heterocycles. The van der Waals surface area contributed by atoms with Gasteiger partial charge in [-0.2, -0.15) is 13.2 Å². The first-order chi connectivity index (χ1) is 6.60. The lowest BCUT2D eigenvalue weighted by atomic mass is 10.2. The van der Waals surface area contributed by atoms with Crippen LogP contribution in [-0.2, 0) is 14.3 Å². The van der Waals surface area contributed by atoms with Crippen molar-refractivity contribution in [3.8, 4) is 0 Å². The molecule has 0 radical (unpaired) electrons. The van der Waals surface area contributed by atoms with Gasteiger partial charge in [0.15, 0.2) is 0 Å². The number of hydrogen-bond acceptors (Lipinski definition) is 3. The highest BCUT2D eigenvalue weighted by molar-refractivity contribution is 5.69. The van der Waals surface area contributed by atoms with E-state index in [0.29, 0.717) is 0 Å². The first kappa shape index (κ1) is 14.2. The van der Waals surface area contributed by atoms with Crippen molar-refractivity contribution >= 4 is 5.97 Å². The fourth-order valence-electron chi connectivity index (χ4n) is 0.736. The Kier molecular flexibility index (Phi) is 5.07. The molecule has 0 rings (SSSR count). The summed E-state index contributed by atoms with van der Waals surface area (Å²) in [5.74, 6) is -0.565. The van der Waals surface area contributed by atoms with Crippen LogP contribution in [0.1, 0.15) is 27.2 Å². The topological polar surface area (TPSA) is 35.5 Å². The Morgan fingerprint density at radius 3 is 2.13 bits per heavy atom. The van der Waals surface area contributed by atoms with Crippen LogP contribution in [-0.4, -0.2) is 31.0 Å². The molecule has 0 aromatic rings. The van der Waals surface area contributed by atoms with Crippen molar-refractivity contribution < 1.29 is 27.4 Å². The van der Waals surface area contributed by atoms with Crippen molar-refractivity contribution in [2.75, 3.05) is 13.2 Å². The number of alkyl halides is 3. The third kappa shape index (κ3) is 11.1. The molecule has 0 saturated heterocycles. The standard InChI is InChI=1S/C9H15F3O3/c1-8(2,3)15-7(13)4-5-14-6-9(10,11)12/h4-6H2,1-3H3. The van der Waals surface area contributed by atoms with Gasteiger partial charge in [-0.25, -0.2) is 0 Å². The summed E-state index contributed by atoms with van der Waals surface area (Å²) in [5.41, 5.74) is -0.624. The zero-order valence-electron chi connectivity index (χ0n) is 8.98. The predicted molar refractivity (Wildman–Crippen MR) is 47.3 cm³/mol. The Labute approximate surface area is 86.5 Å². The minimum absolute atomic E-state index is 0.173. The highest BCUT2D eigenvalue weighted by Gasteiger charge is 2.27. The molecule has 0 saturated carbocycles. The van der Waals surface area contributed by atoms with E-state index in [2.05, 4.69) is 4.74 Å². The second kappa shape index (κ2) is 5.34. The van der Waals surface area contributed by atoms with Gasteiger partial charge in [0.2, 0.25) is 0 Å². The van der Waals surface area contributed by atoms with E-state index in [4.69, 9.17) is 4.74 Å². The Morgan fingerprint density at radius 2 is 1.73 bits per heavy atom. The summed E-state index contributed by atoms with van der Waals surface area (Å²) in [5, 5.41) is 0. The first-order valence-corrected chi connectivity index (χ1v) is 4.46. The summed E-state index contributed by atoms with van der Waals surface area (Å²) in [6.45, 7) is 3.43. The molecule has 90 valence electrons. The summed E-state index contributed by atoms with van der Waals surface area (Å²) >= 11 is 0. The van der Waals surface area contributed by atoms with E-state index < -0.39 is 24.4 Å². The average molecular weight is 228 g/mol. The van der Waals surface area contributed by atoms with Gasteiger partial charge in [-0.05, 0) is 20.8 Å². The highest BCUT2D eigenvalue weighted by atomic mass is 19.4. The summed E-state index contributed by atoms with van der Waals surface area (Å²) in [7, 11) is 0. The van der Waals surface area contributed by atoms with Gasteiger partial charge in [-0.15, -0.1) is 0 Å². The summed E-state index contributed by atoms with van der Waals surface area (Å²) in [4.78, 5) is 11.0. The second-order valence-corrected chi connectivity index (χ2v) is 4.00. The van der Waals surface area contributed by atoms with Gasteiger partial charge in [0, 0.05) is 0 Å². The normalized spacial score (nSPS) is 12.7. The molecular formula is C9H15F3O3. The Morgan fingerprint density at radius 1 is 1.20 bits per heavy atom. The van der Waals surface area contributed by atoms with Crippen molar-refractivity contribution in [1.29, 1.82) is 0 Å². The molecule has 0 N–H and O–H groups in total. The SMILES string of the molecule is CC(C)(C)OC(=O)CCOCC(F)(F)F. The van der Waals surface area contributed by atoms with Crippen molar-refractivity contribution in [1.82, 2.24) is 0 Å². The lowest BCUT2D eigenvalue weighted by Gasteiger charge is -2.19. The van der Waals surface area contributed by atoms with Gasteiger partial charge in [-0.1, -0.05) is 0 Å². The number of halogens is 3. The fraction of sp³-hybridized carbons (Fsp3) is 0.889. The molecule has 15 heavy (non-hydrogen) atoms. The Hall–Kier alpha value is -0.780. The molecule has 0 atom stereocenters. The van der Waals surface area contributed by atoms with Crippen LogP contribution in [0.25, 0.3) is 0 Å². The molecule has 0 aliphatic carbocycles. The zero-order chi connectivity index (χ0) is 12.1. The monoisotopic (exact) mass is 228 g/mol. The van der Waals surface area contributed by atoms with Crippen LogP contribution in [0.4, 0.5) is 13.2 Å². The maximum atomic E-state index is 11.6. The van der Waals surface area contributed by atoms with Gasteiger partial charge in [0.25, 0.3) is 0 Å². The molecule has 0 unspecified atom stereocenters. The largest absolute Gasteiger partial charge is 0.460 e. The fourth-order valence-corrected chi connectivity index (χ4v) is 0.736. The molecular weight excluding hydrogens is 213 g/mol.